The molecular formula is C37H35N5. The van der Waals surface area contributed by atoms with Crippen molar-refractivity contribution < 1.29 is 0 Å². The first kappa shape index (κ1) is 26.1. The fraction of sp³-hybridized carbons (Fsp3) is 0.216. The largest absolute Gasteiger partial charge is 0.298 e. The van der Waals surface area contributed by atoms with Crippen molar-refractivity contribution in [3.05, 3.63) is 115 Å². The molecule has 3 aromatic carbocycles. The molecule has 0 spiro atoms. The standard InChI is InChI=1S/C19H18N2.C18H17N3/c1-19(2,3)15-12-18-14-9-4-6-10-16(14)20-21(18)17-11-7-5-8-13(15)17;1-18(2,3)17-16-15(12-8-4-5-9-13(12)19-17)20-14-10-6-7-11-21(14)16/h4-12H,1-3H3;4-11H,1-3H3. The van der Waals surface area contributed by atoms with E-state index in [0.29, 0.717) is 0 Å². The van der Waals surface area contributed by atoms with E-state index in [1.807, 2.05) is 36.4 Å². The maximum absolute atomic E-state index is 4.94. The molecule has 0 bridgehead atoms. The van der Waals surface area contributed by atoms with Crippen molar-refractivity contribution in [2.75, 3.05) is 0 Å². The van der Waals surface area contributed by atoms with Crippen LogP contribution in [0.2, 0.25) is 0 Å². The highest BCUT2D eigenvalue weighted by Crippen LogP contribution is 2.35. The van der Waals surface area contributed by atoms with Crippen molar-refractivity contribution in [1.82, 2.24) is 24.0 Å². The second kappa shape index (κ2) is 9.38. The average Bonchev–Trinajstić information content (AvgIpc) is 3.55. The van der Waals surface area contributed by atoms with E-state index in [1.165, 1.54) is 27.4 Å². The van der Waals surface area contributed by atoms with Crippen molar-refractivity contribution in [3.63, 3.8) is 0 Å². The molecule has 0 saturated heterocycles. The zero-order valence-corrected chi connectivity index (χ0v) is 25.1. The van der Waals surface area contributed by atoms with Crippen molar-refractivity contribution in [3.8, 4) is 0 Å². The zero-order valence-electron chi connectivity index (χ0n) is 25.1. The molecule has 208 valence electrons. The van der Waals surface area contributed by atoms with Crippen LogP contribution in [0.5, 0.6) is 0 Å². The maximum atomic E-state index is 4.94. The van der Waals surface area contributed by atoms with Gasteiger partial charge < -0.3 is 0 Å². The van der Waals surface area contributed by atoms with Crippen LogP contribution in [0.4, 0.5) is 0 Å². The van der Waals surface area contributed by atoms with Crippen molar-refractivity contribution in [1.29, 1.82) is 0 Å². The summed E-state index contributed by atoms with van der Waals surface area (Å²) in [6, 6.07) is 33.5. The SMILES string of the molecule is CC(C)(C)c1cc2c3ccccc3nn2c2ccccc12.CC(C)(C)c1nc2ccccc2c2nc3ccccn3c12. The van der Waals surface area contributed by atoms with Crippen molar-refractivity contribution in [2.45, 2.75) is 52.4 Å². The second-order valence-corrected chi connectivity index (χ2v) is 13.1. The molecule has 0 fully saturated rings. The monoisotopic (exact) mass is 549 g/mol. The Balaban J connectivity index is 0.000000137. The van der Waals surface area contributed by atoms with Gasteiger partial charge >= 0.3 is 0 Å². The molecule has 5 nitrogen and oxygen atoms in total. The lowest BCUT2D eigenvalue weighted by Gasteiger charge is -2.22. The molecule has 8 aromatic rings. The van der Waals surface area contributed by atoms with Gasteiger partial charge in [-0.2, -0.15) is 5.10 Å². The predicted molar refractivity (Wildman–Crippen MR) is 176 cm³/mol. The van der Waals surface area contributed by atoms with Gasteiger partial charge in [0.2, 0.25) is 0 Å². The molecule has 0 atom stereocenters. The minimum Gasteiger partial charge on any atom is -0.298 e. The van der Waals surface area contributed by atoms with Gasteiger partial charge in [0, 0.05) is 27.8 Å². The van der Waals surface area contributed by atoms with Gasteiger partial charge in [0.15, 0.2) is 0 Å². The summed E-state index contributed by atoms with van der Waals surface area (Å²) in [5, 5.41) is 8.40. The Morgan fingerprint density at radius 2 is 1.21 bits per heavy atom. The molecule has 0 aliphatic rings. The van der Waals surface area contributed by atoms with Crippen LogP contribution in [-0.2, 0) is 10.8 Å². The van der Waals surface area contributed by atoms with Crippen molar-refractivity contribution >= 4 is 54.9 Å². The number of para-hydroxylation sites is 2. The molecule has 0 unspecified atom stereocenters. The molecule has 42 heavy (non-hydrogen) atoms. The molecule has 0 aliphatic heterocycles. The summed E-state index contributed by atoms with van der Waals surface area (Å²) in [6.07, 6.45) is 2.07. The number of hydrogen-bond acceptors (Lipinski definition) is 3. The second-order valence-electron chi connectivity index (χ2n) is 13.1. The van der Waals surface area contributed by atoms with Crippen LogP contribution in [0.1, 0.15) is 52.8 Å². The third-order valence-electron chi connectivity index (χ3n) is 7.98. The molecule has 0 amide bonds. The minimum absolute atomic E-state index is 0.0336. The summed E-state index contributed by atoms with van der Waals surface area (Å²) >= 11 is 0. The Bertz CT molecular complexity index is 2270. The Labute approximate surface area is 245 Å². The van der Waals surface area contributed by atoms with Gasteiger partial charge in [-0.15, -0.1) is 0 Å². The third-order valence-corrected chi connectivity index (χ3v) is 7.98. The van der Waals surface area contributed by atoms with Crippen molar-refractivity contribution in [2.24, 2.45) is 0 Å². The molecular weight excluding hydrogens is 514 g/mol. The number of aromatic nitrogens is 5. The van der Waals surface area contributed by atoms with E-state index < -0.39 is 0 Å². The van der Waals surface area contributed by atoms with Gasteiger partial charge in [-0.1, -0.05) is 102 Å². The first-order valence-electron chi connectivity index (χ1n) is 14.6. The van der Waals surface area contributed by atoms with Gasteiger partial charge in [0.25, 0.3) is 0 Å². The smallest absolute Gasteiger partial charge is 0.137 e. The lowest BCUT2D eigenvalue weighted by molar-refractivity contribution is 0.576. The number of benzene rings is 3. The minimum atomic E-state index is -0.0336. The number of imidazole rings is 1. The maximum Gasteiger partial charge on any atom is 0.137 e. The fourth-order valence-corrected chi connectivity index (χ4v) is 5.97. The van der Waals surface area contributed by atoms with E-state index in [9.17, 15) is 0 Å². The molecule has 5 heterocycles. The van der Waals surface area contributed by atoms with E-state index in [4.69, 9.17) is 15.1 Å². The van der Waals surface area contributed by atoms with Crippen LogP contribution in [-0.4, -0.2) is 24.0 Å². The van der Waals surface area contributed by atoms with Gasteiger partial charge in [-0.05, 0) is 47.4 Å². The summed E-state index contributed by atoms with van der Waals surface area (Å²) in [5.74, 6) is 0. The highest BCUT2D eigenvalue weighted by atomic mass is 15.2. The fourth-order valence-electron chi connectivity index (χ4n) is 5.97. The topological polar surface area (TPSA) is 47.5 Å². The Morgan fingerprint density at radius 1 is 0.571 bits per heavy atom. The lowest BCUT2D eigenvalue weighted by atomic mass is 9.84. The molecule has 8 rings (SSSR count). The quantitative estimate of drug-likeness (QED) is 0.189. The molecule has 5 heteroatoms. The Hall–Kier alpha value is -4.77. The summed E-state index contributed by atoms with van der Waals surface area (Å²) in [5.41, 5.74) is 10.1. The molecule has 0 radical (unpaired) electrons. The van der Waals surface area contributed by atoms with Crippen LogP contribution < -0.4 is 0 Å². The van der Waals surface area contributed by atoms with Crippen LogP contribution in [0.3, 0.4) is 0 Å². The van der Waals surface area contributed by atoms with E-state index in [-0.39, 0.29) is 10.8 Å². The van der Waals surface area contributed by atoms with Gasteiger partial charge in [0.05, 0.1) is 33.3 Å². The van der Waals surface area contributed by atoms with Gasteiger partial charge in [0.1, 0.15) is 11.2 Å². The Morgan fingerprint density at radius 3 is 1.95 bits per heavy atom. The van der Waals surface area contributed by atoms with Crippen LogP contribution in [0.15, 0.2) is 103 Å². The average molecular weight is 550 g/mol. The number of pyridine rings is 3. The Kier molecular flexibility index (Phi) is 5.84. The highest BCUT2D eigenvalue weighted by Gasteiger charge is 2.24. The number of hydrogen-bond donors (Lipinski definition) is 0. The summed E-state index contributed by atoms with van der Waals surface area (Å²) < 4.78 is 4.23. The van der Waals surface area contributed by atoms with E-state index in [2.05, 4.69) is 117 Å². The zero-order chi connectivity index (χ0) is 29.2. The summed E-state index contributed by atoms with van der Waals surface area (Å²) in [7, 11) is 0. The lowest BCUT2D eigenvalue weighted by Crippen LogP contribution is -2.15. The van der Waals surface area contributed by atoms with Crippen LogP contribution in [0, 0.1) is 0 Å². The number of fused-ring (bicyclic) bond motifs is 10. The normalized spacial score (nSPS) is 12.5. The summed E-state index contributed by atoms with van der Waals surface area (Å²) in [6.45, 7) is 13.4. The van der Waals surface area contributed by atoms with E-state index in [1.54, 1.807) is 0 Å². The summed E-state index contributed by atoms with van der Waals surface area (Å²) in [4.78, 5) is 9.78. The highest BCUT2D eigenvalue weighted by molar-refractivity contribution is 6.05. The molecule has 0 aliphatic carbocycles. The molecule has 0 saturated carbocycles. The van der Waals surface area contributed by atoms with Gasteiger partial charge in [-0.25, -0.2) is 14.5 Å². The number of rotatable bonds is 0. The van der Waals surface area contributed by atoms with Crippen LogP contribution >= 0.6 is 0 Å². The van der Waals surface area contributed by atoms with E-state index in [0.717, 1.165) is 38.8 Å². The van der Waals surface area contributed by atoms with Crippen LogP contribution in [0.25, 0.3) is 54.9 Å². The molecule has 0 N–H and O–H groups in total. The first-order valence-corrected chi connectivity index (χ1v) is 14.6. The predicted octanol–water partition coefficient (Wildman–Crippen LogP) is 9.27. The molecule has 5 aromatic heterocycles. The van der Waals surface area contributed by atoms with Gasteiger partial charge in [-0.3, -0.25) is 4.40 Å². The number of nitrogens with zero attached hydrogens (tertiary/aromatic N) is 5. The van der Waals surface area contributed by atoms with E-state index >= 15 is 0 Å². The third kappa shape index (κ3) is 4.19. The first-order chi connectivity index (χ1) is 20.1.